The Morgan fingerprint density at radius 3 is 2.56 bits per heavy atom. The summed E-state index contributed by atoms with van der Waals surface area (Å²) in [5.41, 5.74) is 2.04. The summed E-state index contributed by atoms with van der Waals surface area (Å²) in [7, 11) is 1.71. The molecule has 0 aliphatic rings. The number of hydrogen-bond acceptors (Lipinski definition) is 2. The number of aldehydes is 1. The maximum atomic E-state index is 10.7. The minimum absolute atomic E-state index is 0.470. The minimum atomic E-state index is 0.470. The molecule has 0 aliphatic heterocycles. The Morgan fingerprint density at radius 1 is 1.25 bits per heavy atom. The fraction of sp³-hybridized carbons (Fsp3) is 0.0909. The van der Waals surface area contributed by atoms with Crippen molar-refractivity contribution in [1.82, 2.24) is 9.78 Å². The van der Waals surface area contributed by atoms with Crippen molar-refractivity contribution in [3.63, 3.8) is 0 Å². The fourth-order valence-electron chi connectivity index (χ4n) is 1.39. The number of nitrogens with zero attached hydrogens (tertiary/aromatic N) is 2. The third kappa shape index (κ3) is 1.96. The van der Waals surface area contributed by atoms with Crippen molar-refractivity contribution in [2.24, 2.45) is 7.05 Å². The molecule has 3 nitrogen and oxygen atoms in total. The van der Waals surface area contributed by atoms with Crippen LogP contribution in [0.25, 0.3) is 11.3 Å². The van der Waals surface area contributed by atoms with Gasteiger partial charge in [-0.15, -0.1) is 0 Å². The Hall–Kier alpha value is -1.32. The van der Waals surface area contributed by atoms with E-state index in [1.54, 1.807) is 25.2 Å². The molecule has 0 radical (unpaired) electrons. The average molecular weight is 255 g/mol. The summed E-state index contributed by atoms with van der Waals surface area (Å²) in [6.45, 7) is 0. The van der Waals surface area contributed by atoms with Gasteiger partial charge in [0, 0.05) is 12.6 Å². The van der Waals surface area contributed by atoms with Crippen molar-refractivity contribution in [3.05, 3.63) is 40.0 Å². The summed E-state index contributed by atoms with van der Waals surface area (Å²) in [6.07, 6.45) is 0.758. The van der Waals surface area contributed by atoms with E-state index in [0.717, 1.165) is 11.8 Å². The maximum Gasteiger partial charge on any atom is 0.168 e. The SMILES string of the molecule is Cn1nc(-c2ccc(Cl)c(Cl)c2)cc1C=O. The number of carbonyl (C=O) groups is 1. The molecule has 0 saturated heterocycles. The van der Waals surface area contributed by atoms with E-state index in [2.05, 4.69) is 5.10 Å². The number of rotatable bonds is 2. The lowest BCUT2D eigenvalue weighted by Gasteiger charge is -1.99. The van der Waals surface area contributed by atoms with Crippen LogP contribution in [-0.2, 0) is 7.05 Å². The van der Waals surface area contributed by atoms with E-state index in [4.69, 9.17) is 23.2 Å². The van der Waals surface area contributed by atoms with Gasteiger partial charge >= 0.3 is 0 Å². The Morgan fingerprint density at radius 2 is 2.00 bits per heavy atom. The molecule has 1 aromatic heterocycles. The first-order chi connectivity index (χ1) is 7.61. The Bertz CT molecular complexity index is 549. The van der Waals surface area contributed by atoms with Crippen LogP contribution in [-0.4, -0.2) is 16.1 Å². The number of hydrogen-bond donors (Lipinski definition) is 0. The lowest BCUT2D eigenvalue weighted by atomic mass is 10.1. The summed E-state index contributed by atoms with van der Waals surface area (Å²) in [5, 5.41) is 5.17. The predicted molar refractivity (Wildman–Crippen MR) is 64.1 cm³/mol. The van der Waals surface area contributed by atoms with Gasteiger partial charge in [0.05, 0.1) is 15.7 Å². The van der Waals surface area contributed by atoms with Crippen LogP contribution < -0.4 is 0 Å². The van der Waals surface area contributed by atoms with Crippen molar-refractivity contribution in [2.75, 3.05) is 0 Å². The third-order valence-corrected chi connectivity index (χ3v) is 2.99. The van der Waals surface area contributed by atoms with Crippen LogP contribution in [0.2, 0.25) is 10.0 Å². The van der Waals surface area contributed by atoms with Gasteiger partial charge in [-0.05, 0) is 18.2 Å². The van der Waals surface area contributed by atoms with Gasteiger partial charge in [-0.3, -0.25) is 9.48 Å². The van der Waals surface area contributed by atoms with Crippen LogP contribution in [0.1, 0.15) is 10.5 Å². The van der Waals surface area contributed by atoms with E-state index in [-0.39, 0.29) is 0 Å². The van der Waals surface area contributed by atoms with Crippen LogP contribution in [0.4, 0.5) is 0 Å². The molecule has 2 rings (SSSR count). The van der Waals surface area contributed by atoms with Crippen LogP contribution in [0, 0.1) is 0 Å². The summed E-state index contributed by atoms with van der Waals surface area (Å²) < 4.78 is 1.52. The molecule has 0 aliphatic carbocycles. The predicted octanol–water partition coefficient (Wildman–Crippen LogP) is 3.21. The first-order valence-electron chi connectivity index (χ1n) is 4.56. The van der Waals surface area contributed by atoms with Gasteiger partial charge in [-0.1, -0.05) is 29.3 Å². The van der Waals surface area contributed by atoms with E-state index >= 15 is 0 Å². The van der Waals surface area contributed by atoms with Crippen molar-refractivity contribution in [2.45, 2.75) is 0 Å². The lowest BCUT2D eigenvalue weighted by Crippen LogP contribution is -1.95. The molecule has 82 valence electrons. The quantitative estimate of drug-likeness (QED) is 0.772. The van der Waals surface area contributed by atoms with Crippen molar-refractivity contribution < 1.29 is 4.79 Å². The van der Waals surface area contributed by atoms with Crippen LogP contribution in [0.15, 0.2) is 24.3 Å². The fourth-order valence-corrected chi connectivity index (χ4v) is 1.69. The molecule has 0 unspecified atom stereocenters. The molecule has 0 atom stereocenters. The van der Waals surface area contributed by atoms with Gasteiger partial charge in [0.2, 0.25) is 0 Å². The first-order valence-corrected chi connectivity index (χ1v) is 5.32. The maximum absolute atomic E-state index is 10.7. The summed E-state index contributed by atoms with van der Waals surface area (Å²) >= 11 is 11.7. The summed E-state index contributed by atoms with van der Waals surface area (Å²) in [5.74, 6) is 0. The zero-order chi connectivity index (χ0) is 11.7. The van der Waals surface area contributed by atoms with Crippen molar-refractivity contribution in [3.8, 4) is 11.3 Å². The Kier molecular flexibility index (Phi) is 2.99. The van der Waals surface area contributed by atoms with Gasteiger partial charge in [-0.2, -0.15) is 5.10 Å². The second-order valence-electron chi connectivity index (χ2n) is 3.32. The van der Waals surface area contributed by atoms with E-state index in [0.29, 0.717) is 21.4 Å². The standard InChI is InChI=1S/C11H8Cl2N2O/c1-15-8(6-16)5-11(14-15)7-2-3-9(12)10(13)4-7/h2-6H,1H3. The molecule has 0 spiro atoms. The normalized spacial score (nSPS) is 10.4. The van der Waals surface area contributed by atoms with E-state index in [1.165, 1.54) is 4.68 Å². The third-order valence-electron chi connectivity index (χ3n) is 2.25. The van der Waals surface area contributed by atoms with E-state index in [1.807, 2.05) is 6.07 Å². The molecule has 2 aromatic rings. The number of aryl methyl sites for hydroxylation is 1. The van der Waals surface area contributed by atoms with Gasteiger partial charge < -0.3 is 0 Å². The van der Waals surface area contributed by atoms with Gasteiger partial charge in [0.15, 0.2) is 6.29 Å². The van der Waals surface area contributed by atoms with Crippen molar-refractivity contribution in [1.29, 1.82) is 0 Å². The lowest BCUT2D eigenvalue weighted by molar-refractivity contribution is 0.111. The zero-order valence-electron chi connectivity index (χ0n) is 8.45. The summed E-state index contributed by atoms with van der Waals surface area (Å²) in [6, 6.07) is 6.94. The molecule has 16 heavy (non-hydrogen) atoms. The van der Waals surface area contributed by atoms with Crippen molar-refractivity contribution >= 4 is 29.5 Å². The molecule has 0 bridgehead atoms. The first kappa shape index (κ1) is 11.2. The highest BCUT2D eigenvalue weighted by atomic mass is 35.5. The Labute approximate surface area is 103 Å². The van der Waals surface area contributed by atoms with E-state index in [9.17, 15) is 4.79 Å². The molecular formula is C11H8Cl2N2O. The highest BCUT2D eigenvalue weighted by molar-refractivity contribution is 6.42. The monoisotopic (exact) mass is 254 g/mol. The molecule has 0 fully saturated rings. The smallest absolute Gasteiger partial charge is 0.168 e. The highest BCUT2D eigenvalue weighted by Gasteiger charge is 2.08. The Balaban J connectivity index is 2.50. The molecular weight excluding hydrogens is 247 g/mol. The van der Waals surface area contributed by atoms with Gasteiger partial charge in [0.1, 0.15) is 5.69 Å². The largest absolute Gasteiger partial charge is 0.296 e. The average Bonchev–Trinajstić information content (AvgIpc) is 2.64. The molecule has 0 saturated carbocycles. The molecule has 0 N–H and O–H groups in total. The number of halogens is 2. The highest BCUT2D eigenvalue weighted by Crippen LogP contribution is 2.27. The summed E-state index contributed by atoms with van der Waals surface area (Å²) in [4.78, 5) is 10.7. The minimum Gasteiger partial charge on any atom is -0.296 e. The van der Waals surface area contributed by atoms with Crippen LogP contribution >= 0.6 is 23.2 Å². The second-order valence-corrected chi connectivity index (χ2v) is 4.14. The van der Waals surface area contributed by atoms with Crippen LogP contribution in [0.3, 0.4) is 0 Å². The number of benzene rings is 1. The molecule has 5 heteroatoms. The zero-order valence-corrected chi connectivity index (χ0v) is 9.96. The second kappa shape index (κ2) is 4.28. The number of carbonyl (C=O) groups excluding carboxylic acids is 1. The van der Waals surface area contributed by atoms with Gasteiger partial charge in [-0.25, -0.2) is 0 Å². The number of aromatic nitrogens is 2. The molecule has 0 amide bonds. The molecule has 1 aromatic carbocycles. The topological polar surface area (TPSA) is 34.9 Å². The van der Waals surface area contributed by atoms with Gasteiger partial charge in [0.25, 0.3) is 0 Å². The van der Waals surface area contributed by atoms with E-state index < -0.39 is 0 Å². The molecule has 1 heterocycles. The van der Waals surface area contributed by atoms with Crippen LogP contribution in [0.5, 0.6) is 0 Å².